The average molecular weight is 288 g/mol. The molecular weight excluding hydrogens is 272 g/mol. The molecule has 21 heavy (non-hydrogen) atoms. The number of aliphatic carboxylic acids is 1. The van der Waals surface area contributed by atoms with Gasteiger partial charge in [0.15, 0.2) is 0 Å². The molecule has 0 radical (unpaired) electrons. The van der Waals surface area contributed by atoms with E-state index in [2.05, 4.69) is 9.97 Å². The van der Waals surface area contributed by atoms with E-state index in [9.17, 15) is 9.59 Å². The van der Waals surface area contributed by atoms with Crippen molar-refractivity contribution in [2.45, 2.75) is 19.8 Å². The summed E-state index contributed by atoms with van der Waals surface area (Å²) in [6.07, 6.45) is 0.0754. The Morgan fingerprint density at radius 1 is 1.43 bits per heavy atom. The standard InChI is InChI=1S/C15H16N2O4/c1-9-12(6-7-13(18)19)15(20)17-14(16-9)10-4-3-5-11(8-10)21-2/h3-5,8H,6-7H2,1-2H3,(H,18,19)(H,16,17,20). The van der Waals surface area contributed by atoms with Crippen molar-refractivity contribution in [3.63, 3.8) is 0 Å². The van der Waals surface area contributed by atoms with E-state index in [1.165, 1.54) is 0 Å². The minimum Gasteiger partial charge on any atom is -0.497 e. The maximum Gasteiger partial charge on any atom is 0.303 e. The van der Waals surface area contributed by atoms with Crippen molar-refractivity contribution in [3.8, 4) is 17.1 Å². The minimum atomic E-state index is -0.939. The third-order valence-electron chi connectivity index (χ3n) is 3.15. The van der Waals surface area contributed by atoms with E-state index in [1.54, 1.807) is 26.2 Å². The Kier molecular flexibility index (Phi) is 4.37. The van der Waals surface area contributed by atoms with Gasteiger partial charge in [0.05, 0.1) is 7.11 Å². The zero-order valence-corrected chi connectivity index (χ0v) is 11.8. The maximum atomic E-state index is 12.1. The van der Waals surface area contributed by atoms with Crippen LogP contribution in [0, 0.1) is 6.92 Å². The molecule has 0 aliphatic rings. The summed E-state index contributed by atoms with van der Waals surface area (Å²) in [6.45, 7) is 1.70. The first-order valence-corrected chi connectivity index (χ1v) is 6.47. The highest BCUT2D eigenvalue weighted by Crippen LogP contribution is 2.20. The van der Waals surface area contributed by atoms with E-state index in [0.717, 1.165) is 5.56 Å². The molecular formula is C15H16N2O4. The first-order chi connectivity index (χ1) is 10.0. The molecule has 0 aliphatic heterocycles. The lowest BCUT2D eigenvalue weighted by molar-refractivity contribution is -0.136. The number of carboxylic acid groups (broad SMARTS) is 1. The van der Waals surface area contributed by atoms with Crippen LogP contribution in [0.3, 0.4) is 0 Å². The predicted octanol–water partition coefficient (Wildman–Crippen LogP) is 1.77. The molecule has 2 N–H and O–H groups in total. The van der Waals surface area contributed by atoms with Gasteiger partial charge in [-0.05, 0) is 25.5 Å². The summed E-state index contributed by atoms with van der Waals surface area (Å²) in [4.78, 5) is 29.7. The Bertz CT molecular complexity index is 722. The molecule has 0 spiro atoms. The van der Waals surface area contributed by atoms with Crippen molar-refractivity contribution in [3.05, 3.63) is 45.9 Å². The number of hydrogen-bond acceptors (Lipinski definition) is 4. The third-order valence-corrected chi connectivity index (χ3v) is 3.15. The highest BCUT2D eigenvalue weighted by Gasteiger charge is 2.11. The zero-order chi connectivity index (χ0) is 15.4. The summed E-state index contributed by atoms with van der Waals surface area (Å²) >= 11 is 0. The Morgan fingerprint density at radius 2 is 2.19 bits per heavy atom. The Labute approximate surface area is 121 Å². The highest BCUT2D eigenvalue weighted by atomic mass is 16.5. The first kappa shape index (κ1) is 14.8. The van der Waals surface area contributed by atoms with E-state index < -0.39 is 5.97 Å². The van der Waals surface area contributed by atoms with Crippen molar-refractivity contribution < 1.29 is 14.6 Å². The molecule has 1 aromatic carbocycles. The molecule has 110 valence electrons. The van der Waals surface area contributed by atoms with Crippen molar-refractivity contribution in [1.82, 2.24) is 9.97 Å². The van der Waals surface area contributed by atoms with Crippen LogP contribution in [0.25, 0.3) is 11.4 Å². The van der Waals surface area contributed by atoms with Gasteiger partial charge in [-0.1, -0.05) is 12.1 Å². The second-order valence-corrected chi connectivity index (χ2v) is 4.60. The number of nitrogens with zero attached hydrogens (tertiary/aromatic N) is 1. The van der Waals surface area contributed by atoms with Gasteiger partial charge in [-0.25, -0.2) is 4.98 Å². The molecule has 0 fully saturated rings. The molecule has 0 unspecified atom stereocenters. The number of aryl methyl sites for hydroxylation is 1. The second-order valence-electron chi connectivity index (χ2n) is 4.60. The Balaban J connectivity index is 2.39. The number of H-pyrrole nitrogens is 1. The molecule has 1 aromatic heterocycles. The molecule has 0 saturated carbocycles. The van der Waals surface area contributed by atoms with E-state index in [1.807, 2.05) is 12.1 Å². The highest BCUT2D eigenvalue weighted by molar-refractivity contribution is 5.67. The van der Waals surface area contributed by atoms with Gasteiger partial charge in [-0.2, -0.15) is 0 Å². The number of nitrogens with one attached hydrogen (secondary N) is 1. The fraction of sp³-hybridized carbons (Fsp3) is 0.267. The number of carbonyl (C=O) groups is 1. The molecule has 0 amide bonds. The van der Waals surface area contributed by atoms with Crippen LogP contribution in [0.5, 0.6) is 5.75 Å². The van der Waals surface area contributed by atoms with E-state index >= 15 is 0 Å². The van der Waals surface area contributed by atoms with Crippen LogP contribution < -0.4 is 10.3 Å². The molecule has 6 nitrogen and oxygen atoms in total. The molecule has 6 heteroatoms. The summed E-state index contributed by atoms with van der Waals surface area (Å²) in [5, 5.41) is 8.70. The Hall–Kier alpha value is -2.63. The number of ether oxygens (including phenoxy) is 1. The molecule has 2 aromatic rings. The lowest BCUT2D eigenvalue weighted by Gasteiger charge is -2.07. The molecule has 1 heterocycles. The monoisotopic (exact) mass is 288 g/mol. The lowest BCUT2D eigenvalue weighted by Crippen LogP contribution is -2.18. The maximum absolute atomic E-state index is 12.1. The largest absolute Gasteiger partial charge is 0.497 e. The van der Waals surface area contributed by atoms with Gasteiger partial charge in [0.2, 0.25) is 0 Å². The van der Waals surface area contributed by atoms with Gasteiger partial charge in [-0.15, -0.1) is 0 Å². The summed E-state index contributed by atoms with van der Waals surface area (Å²) < 4.78 is 5.14. The van der Waals surface area contributed by atoms with Crippen LogP contribution in [0.1, 0.15) is 17.7 Å². The SMILES string of the molecule is COc1cccc(-c2nc(C)c(CCC(=O)O)c(=O)[nH]2)c1. The second kappa shape index (κ2) is 6.21. The Morgan fingerprint density at radius 3 is 2.81 bits per heavy atom. The van der Waals surface area contributed by atoms with Crippen LogP contribution in [-0.2, 0) is 11.2 Å². The van der Waals surface area contributed by atoms with Crippen molar-refractivity contribution in [2.24, 2.45) is 0 Å². The van der Waals surface area contributed by atoms with E-state index in [-0.39, 0.29) is 18.4 Å². The number of rotatable bonds is 5. The lowest BCUT2D eigenvalue weighted by atomic mass is 10.1. The van der Waals surface area contributed by atoms with Crippen molar-refractivity contribution in [1.29, 1.82) is 0 Å². The fourth-order valence-corrected chi connectivity index (χ4v) is 2.04. The summed E-state index contributed by atoms with van der Waals surface area (Å²) in [5.41, 5.74) is 1.38. The predicted molar refractivity (Wildman–Crippen MR) is 77.5 cm³/mol. The smallest absolute Gasteiger partial charge is 0.303 e. The molecule has 2 rings (SSSR count). The normalized spacial score (nSPS) is 10.4. The van der Waals surface area contributed by atoms with Gasteiger partial charge < -0.3 is 14.8 Å². The number of aromatic amines is 1. The van der Waals surface area contributed by atoms with E-state index in [0.29, 0.717) is 22.8 Å². The van der Waals surface area contributed by atoms with Gasteiger partial charge in [0.25, 0.3) is 5.56 Å². The van der Waals surface area contributed by atoms with E-state index in [4.69, 9.17) is 9.84 Å². The van der Waals surface area contributed by atoms with Crippen LogP contribution in [0.15, 0.2) is 29.1 Å². The number of carboxylic acids is 1. The average Bonchev–Trinajstić information content (AvgIpc) is 2.46. The van der Waals surface area contributed by atoms with Crippen molar-refractivity contribution in [2.75, 3.05) is 7.11 Å². The first-order valence-electron chi connectivity index (χ1n) is 6.47. The number of hydrogen-bond donors (Lipinski definition) is 2. The number of aromatic nitrogens is 2. The number of methoxy groups -OCH3 is 1. The van der Waals surface area contributed by atoms with Gasteiger partial charge in [0.1, 0.15) is 11.6 Å². The quantitative estimate of drug-likeness (QED) is 0.874. The van der Waals surface area contributed by atoms with Crippen LogP contribution in [0.4, 0.5) is 0 Å². The summed E-state index contributed by atoms with van der Waals surface area (Å²) in [6, 6.07) is 7.20. The van der Waals surface area contributed by atoms with Crippen LogP contribution in [0.2, 0.25) is 0 Å². The zero-order valence-electron chi connectivity index (χ0n) is 11.8. The molecule has 0 atom stereocenters. The fourth-order valence-electron chi connectivity index (χ4n) is 2.04. The number of benzene rings is 1. The van der Waals surface area contributed by atoms with Crippen molar-refractivity contribution >= 4 is 5.97 Å². The molecule has 0 aliphatic carbocycles. The molecule has 0 bridgehead atoms. The van der Waals surface area contributed by atoms with Crippen LogP contribution in [-0.4, -0.2) is 28.2 Å². The molecule has 0 saturated heterocycles. The van der Waals surface area contributed by atoms with Crippen LogP contribution >= 0.6 is 0 Å². The van der Waals surface area contributed by atoms with Gasteiger partial charge in [-0.3, -0.25) is 9.59 Å². The summed E-state index contributed by atoms with van der Waals surface area (Å²) in [7, 11) is 1.57. The summed E-state index contributed by atoms with van der Waals surface area (Å²) in [5.74, 6) is 0.170. The topological polar surface area (TPSA) is 92.3 Å². The van der Waals surface area contributed by atoms with Gasteiger partial charge in [0, 0.05) is 23.2 Å². The minimum absolute atomic E-state index is 0.0931. The van der Waals surface area contributed by atoms with Gasteiger partial charge >= 0.3 is 5.97 Å². The third kappa shape index (κ3) is 3.47.